The molecule has 5 heteroatoms. The van der Waals surface area contributed by atoms with Gasteiger partial charge in [-0.15, -0.1) is 0 Å². The maximum Gasteiger partial charge on any atom is 0.370 e. The van der Waals surface area contributed by atoms with E-state index in [1.807, 2.05) is 30.3 Å². The van der Waals surface area contributed by atoms with Gasteiger partial charge in [0.05, 0.1) is 6.61 Å². The lowest BCUT2D eigenvalue weighted by Crippen LogP contribution is -2.28. The number of hydrogen-bond acceptors (Lipinski definition) is 3. The fraction of sp³-hybridized carbons (Fsp3) is 0.364. The standard InChI is InChI=1S/C11H12Cl2O3/c12-11(13,15)10(14)16-8-4-7-9-5-2-1-3-6-9/h1-3,5-6,15H,4,7-8H2. The highest BCUT2D eigenvalue weighted by Crippen LogP contribution is 2.18. The summed E-state index contributed by atoms with van der Waals surface area (Å²) in [5, 5.41) is 8.86. The van der Waals surface area contributed by atoms with Crippen molar-refractivity contribution in [2.45, 2.75) is 17.4 Å². The van der Waals surface area contributed by atoms with Crippen molar-refractivity contribution in [3.8, 4) is 0 Å². The first-order chi connectivity index (χ1) is 7.50. The number of carbonyl (C=O) groups excluding carboxylic acids is 1. The first-order valence-electron chi connectivity index (χ1n) is 4.81. The lowest BCUT2D eigenvalue weighted by atomic mass is 10.1. The van der Waals surface area contributed by atoms with Crippen molar-refractivity contribution in [3.05, 3.63) is 35.9 Å². The second-order valence-corrected chi connectivity index (χ2v) is 4.55. The van der Waals surface area contributed by atoms with E-state index in [9.17, 15) is 4.79 Å². The van der Waals surface area contributed by atoms with Gasteiger partial charge in [-0.2, -0.15) is 0 Å². The Bertz CT molecular complexity index is 333. The van der Waals surface area contributed by atoms with Crippen LogP contribution in [0.2, 0.25) is 0 Å². The first kappa shape index (κ1) is 13.3. The number of hydrogen-bond donors (Lipinski definition) is 1. The third kappa shape index (κ3) is 4.84. The molecule has 0 amide bonds. The number of esters is 1. The van der Waals surface area contributed by atoms with Gasteiger partial charge in [-0.3, -0.25) is 0 Å². The summed E-state index contributed by atoms with van der Waals surface area (Å²) >= 11 is 10.3. The van der Waals surface area contributed by atoms with Gasteiger partial charge in [0.2, 0.25) is 0 Å². The molecule has 0 saturated heterocycles. The van der Waals surface area contributed by atoms with E-state index >= 15 is 0 Å². The van der Waals surface area contributed by atoms with Gasteiger partial charge in [0.25, 0.3) is 0 Å². The summed E-state index contributed by atoms with van der Waals surface area (Å²) in [6.07, 6.45) is 1.44. The number of rotatable bonds is 5. The van der Waals surface area contributed by atoms with Crippen LogP contribution in [0.25, 0.3) is 0 Å². The van der Waals surface area contributed by atoms with Crippen molar-refractivity contribution in [1.29, 1.82) is 0 Å². The molecule has 0 unspecified atom stereocenters. The van der Waals surface area contributed by atoms with E-state index in [1.54, 1.807) is 0 Å². The van der Waals surface area contributed by atoms with E-state index in [0.717, 1.165) is 12.0 Å². The lowest BCUT2D eigenvalue weighted by Gasteiger charge is -2.10. The van der Waals surface area contributed by atoms with Crippen molar-refractivity contribution in [2.75, 3.05) is 6.61 Å². The maximum atomic E-state index is 10.9. The Morgan fingerprint density at radius 1 is 1.31 bits per heavy atom. The molecule has 0 aliphatic rings. The van der Waals surface area contributed by atoms with Crippen LogP contribution in [0.15, 0.2) is 30.3 Å². The predicted molar refractivity (Wildman–Crippen MR) is 62.4 cm³/mol. The van der Waals surface area contributed by atoms with Crippen LogP contribution in [0.4, 0.5) is 0 Å². The normalized spacial score (nSPS) is 11.2. The van der Waals surface area contributed by atoms with Crippen LogP contribution in [0.3, 0.4) is 0 Å². The number of aryl methyl sites for hydroxylation is 1. The van der Waals surface area contributed by atoms with Crippen molar-refractivity contribution in [1.82, 2.24) is 0 Å². The smallest absolute Gasteiger partial charge is 0.370 e. The van der Waals surface area contributed by atoms with Crippen molar-refractivity contribution < 1.29 is 14.6 Å². The Labute approximate surface area is 104 Å². The minimum absolute atomic E-state index is 0.176. The largest absolute Gasteiger partial charge is 0.462 e. The number of halogens is 2. The zero-order chi connectivity index (χ0) is 12.0. The van der Waals surface area contributed by atoms with Crippen LogP contribution in [-0.2, 0) is 16.0 Å². The van der Waals surface area contributed by atoms with Gasteiger partial charge in [-0.25, -0.2) is 4.79 Å². The molecule has 0 aliphatic carbocycles. The molecule has 1 aromatic carbocycles. The van der Waals surface area contributed by atoms with Crippen LogP contribution in [0, 0.1) is 0 Å². The molecule has 0 aliphatic heterocycles. The van der Waals surface area contributed by atoms with Gasteiger partial charge >= 0.3 is 10.5 Å². The molecule has 0 spiro atoms. The molecule has 0 atom stereocenters. The average Bonchev–Trinajstić information content (AvgIpc) is 2.24. The summed E-state index contributed by atoms with van der Waals surface area (Å²) in [7, 11) is 0. The number of aliphatic hydroxyl groups is 1. The molecule has 0 bridgehead atoms. The molecular weight excluding hydrogens is 251 g/mol. The van der Waals surface area contributed by atoms with E-state index in [0.29, 0.717) is 6.42 Å². The Balaban J connectivity index is 2.20. The maximum absolute atomic E-state index is 10.9. The molecule has 0 saturated carbocycles. The zero-order valence-electron chi connectivity index (χ0n) is 8.53. The fourth-order valence-corrected chi connectivity index (χ4v) is 1.28. The van der Waals surface area contributed by atoms with Gasteiger partial charge in [-0.1, -0.05) is 53.5 Å². The molecule has 88 valence electrons. The lowest BCUT2D eigenvalue weighted by molar-refractivity contribution is -0.151. The van der Waals surface area contributed by atoms with E-state index < -0.39 is 10.5 Å². The van der Waals surface area contributed by atoms with Crippen LogP contribution < -0.4 is 0 Å². The monoisotopic (exact) mass is 262 g/mol. The minimum atomic E-state index is -2.45. The van der Waals surface area contributed by atoms with E-state index in [2.05, 4.69) is 4.74 Å². The third-order valence-corrected chi connectivity index (χ3v) is 2.24. The number of carbonyl (C=O) groups is 1. The molecule has 1 rings (SSSR count). The van der Waals surface area contributed by atoms with E-state index in [1.165, 1.54) is 0 Å². The average molecular weight is 263 g/mol. The van der Waals surface area contributed by atoms with Crippen molar-refractivity contribution in [3.63, 3.8) is 0 Å². The Morgan fingerprint density at radius 3 is 2.50 bits per heavy atom. The molecule has 0 aromatic heterocycles. The third-order valence-electron chi connectivity index (χ3n) is 1.93. The highest BCUT2D eigenvalue weighted by atomic mass is 35.5. The Hall–Kier alpha value is -0.770. The zero-order valence-corrected chi connectivity index (χ0v) is 10.0. The van der Waals surface area contributed by atoms with Gasteiger partial charge in [0, 0.05) is 0 Å². The van der Waals surface area contributed by atoms with Crippen molar-refractivity contribution in [2.24, 2.45) is 0 Å². The Morgan fingerprint density at radius 2 is 1.94 bits per heavy atom. The van der Waals surface area contributed by atoms with Gasteiger partial charge in [-0.05, 0) is 18.4 Å². The summed E-state index contributed by atoms with van der Waals surface area (Å²) in [5.41, 5.74) is 1.16. The van der Waals surface area contributed by atoms with E-state index in [-0.39, 0.29) is 6.61 Å². The van der Waals surface area contributed by atoms with Crippen LogP contribution in [0.5, 0.6) is 0 Å². The number of alkyl halides is 2. The second kappa shape index (κ2) is 6.09. The first-order valence-corrected chi connectivity index (χ1v) is 5.57. The van der Waals surface area contributed by atoms with E-state index in [4.69, 9.17) is 28.3 Å². The summed E-state index contributed by atoms with van der Waals surface area (Å²) in [4.78, 5) is 10.9. The molecular formula is C11H12Cl2O3. The quantitative estimate of drug-likeness (QED) is 0.503. The van der Waals surface area contributed by atoms with Gasteiger partial charge < -0.3 is 9.84 Å². The highest BCUT2D eigenvalue weighted by molar-refractivity contribution is 6.55. The molecule has 0 radical (unpaired) electrons. The van der Waals surface area contributed by atoms with Crippen molar-refractivity contribution >= 4 is 29.2 Å². The van der Waals surface area contributed by atoms with Crippen LogP contribution in [0.1, 0.15) is 12.0 Å². The summed E-state index contributed by atoms with van der Waals surface area (Å²) < 4.78 is 2.22. The van der Waals surface area contributed by atoms with Crippen LogP contribution in [-0.4, -0.2) is 22.2 Å². The molecule has 0 fully saturated rings. The number of benzene rings is 1. The number of ether oxygens (including phenoxy) is 1. The highest BCUT2D eigenvalue weighted by Gasteiger charge is 2.32. The molecule has 1 aromatic rings. The van der Waals surface area contributed by atoms with Crippen LogP contribution >= 0.6 is 23.2 Å². The molecule has 1 N–H and O–H groups in total. The topological polar surface area (TPSA) is 46.5 Å². The minimum Gasteiger partial charge on any atom is -0.462 e. The Kier molecular flexibility index (Phi) is 5.06. The van der Waals surface area contributed by atoms with Gasteiger partial charge in [0.1, 0.15) is 0 Å². The molecule has 16 heavy (non-hydrogen) atoms. The van der Waals surface area contributed by atoms with Gasteiger partial charge in [0.15, 0.2) is 0 Å². The second-order valence-electron chi connectivity index (χ2n) is 3.27. The SMILES string of the molecule is O=C(OCCCc1ccccc1)C(O)(Cl)Cl. The predicted octanol–water partition coefficient (Wildman–Crippen LogP) is 2.29. The molecule has 3 nitrogen and oxygen atoms in total. The summed E-state index contributed by atoms with van der Waals surface area (Å²) in [6.45, 7) is 0.176. The molecule has 0 heterocycles. The fourth-order valence-electron chi connectivity index (χ4n) is 1.17. The summed E-state index contributed by atoms with van der Waals surface area (Å²) in [5.74, 6) is -1.04. The summed E-state index contributed by atoms with van der Waals surface area (Å²) in [6, 6.07) is 9.79.